The lowest BCUT2D eigenvalue weighted by Gasteiger charge is -2.09. The second-order valence-corrected chi connectivity index (χ2v) is 8.48. The number of hydrogen-bond donors (Lipinski definition) is 0. The van der Waals surface area contributed by atoms with Gasteiger partial charge in [-0.05, 0) is 98.6 Å². The fourth-order valence-electron chi connectivity index (χ4n) is 3.23. The van der Waals surface area contributed by atoms with Crippen LogP contribution in [0.4, 0.5) is 0 Å². The second kappa shape index (κ2) is 13.1. The van der Waals surface area contributed by atoms with Crippen LogP contribution in [0, 0.1) is 0 Å². The molecule has 0 unspecified atom stereocenters. The summed E-state index contributed by atoms with van der Waals surface area (Å²) in [6.45, 7) is 12.5. The Hall–Kier alpha value is -2.22. The predicted octanol–water partition coefficient (Wildman–Crippen LogP) is 7.55. The lowest BCUT2D eigenvalue weighted by atomic mass is 9.94. The molecular formula is C27H38O2. The smallest absolute Gasteiger partial charge is 0.185 e. The molecule has 0 saturated carbocycles. The van der Waals surface area contributed by atoms with Gasteiger partial charge in [0.25, 0.3) is 0 Å². The van der Waals surface area contributed by atoms with E-state index in [9.17, 15) is 9.59 Å². The van der Waals surface area contributed by atoms with Crippen molar-refractivity contribution in [3.8, 4) is 0 Å². The summed E-state index contributed by atoms with van der Waals surface area (Å²) in [6.07, 6.45) is 19.0. The minimum Gasteiger partial charge on any atom is -0.290 e. The standard InChI is InChI=1S/C27H38O2/c1-20(2)10-7-11-21(3)12-8-13-22(4)14-9-15-23(5)16-17-25-19-26(28)18-24(6)27(25)29/h10,12,14,16,18-19H,7-9,11,13,15,17H2,1-6H3/b21-12+,22-14+,23-16+. The molecule has 0 aromatic rings. The van der Waals surface area contributed by atoms with Crippen LogP contribution in [0.15, 0.2) is 69.9 Å². The van der Waals surface area contributed by atoms with Gasteiger partial charge in [0.1, 0.15) is 0 Å². The number of rotatable bonds is 11. The van der Waals surface area contributed by atoms with Crippen molar-refractivity contribution in [1.29, 1.82) is 0 Å². The van der Waals surface area contributed by atoms with E-state index in [-0.39, 0.29) is 11.6 Å². The summed E-state index contributed by atoms with van der Waals surface area (Å²) in [5.41, 5.74) is 6.71. The molecule has 0 aromatic carbocycles. The van der Waals surface area contributed by atoms with Crippen LogP contribution in [0.3, 0.4) is 0 Å². The third-order valence-electron chi connectivity index (χ3n) is 5.15. The first-order valence-corrected chi connectivity index (χ1v) is 10.8. The summed E-state index contributed by atoms with van der Waals surface area (Å²) >= 11 is 0. The van der Waals surface area contributed by atoms with Gasteiger partial charge in [-0.1, -0.05) is 46.6 Å². The summed E-state index contributed by atoms with van der Waals surface area (Å²) < 4.78 is 0. The maximum absolute atomic E-state index is 12.1. The SMILES string of the molecule is CC(C)=CCC/C(C)=C/CC/C(C)=C/CC/C(C)=C/CC1=CC(=O)C=C(C)C1=O. The van der Waals surface area contributed by atoms with E-state index in [0.29, 0.717) is 17.6 Å². The first kappa shape index (κ1) is 24.8. The number of Topliss-reactive ketones (excluding diaryl/α,β-unsaturated/α-hetero) is 1. The summed E-state index contributed by atoms with van der Waals surface area (Å²) in [7, 11) is 0. The summed E-state index contributed by atoms with van der Waals surface area (Å²) in [6, 6.07) is 0. The van der Waals surface area contributed by atoms with Gasteiger partial charge in [-0.25, -0.2) is 0 Å². The Balaban J connectivity index is 2.36. The Morgan fingerprint density at radius 3 is 1.72 bits per heavy atom. The van der Waals surface area contributed by atoms with Crippen molar-refractivity contribution in [3.05, 3.63) is 69.9 Å². The van der Waals surface area contributed by atoms with Crippen molar-refractivity contribution >= 4 is 11.6 Å². The van der Waals surface area contributed by atoms with Gasteiger partial charge >= 0.3 is 0 Å². The summed E-state index contributed by atoms with van der Waals surface area (Å²) in [5.74, 6) is -0.0865. The number of allylic oxidation sites excluding steroid dienone is 12. The average Bonchev–Trinajstić information content (AvgIpc) is 2.63. The molecule has 2 nitrogen and oxygen atoms in total. The first-order valence-electron chi connectivity index (χ1n) is 10.8. The van der Waals surface area contributed by atoms with Crippen LogP contribution in [-0.4, -0.2) is 11.6 Å². The highest BCUT2D eigenvalue weighted by Crippen LogP contribution is 2.18. The van der Waals surface area contributed by atoms with E-state index in [4.69, 9.17) is 0 Å². The highest BCUT2D eigenvalue weighted by atomic mass is 16.1. The fourth-order valence-corrected chi connectivity index (χ4v) is 3.23. The van der Waals surface area contributed by atoms with Crippen LogP contribution in [-0.2, 0) is 9.59 Å². The number of hydrogen-bond acceptors (Lipinski definition) is 2. The molecule has 0 heterocycles. The molecule has 0 bridgehead atoms. The minimum absolute atomic E-state index is 0.00594. The zero-order chi connectivity index (χ0) is 21.8. The number of ketones is 2. The predicted molar refractivity (Wildman–Crippen MR) is 125 cm³/mol. The lowest BCUT2D eigenvalue weighted by Crippen LogP contribution is -2.12. The zero-order valence-electron chi connectivity index (χ0n) is 19.2. The minimum atomic E-state index is -0.0806. The van der Waals surface area contributed by atoms with E-state index >= 15 is 0 Å². The van der Waals surface area contributed by atoms with Gasteiger partial charge in [0, 0.05) is 11.1 Å². The maximum atomic E-state index is 12.1. The largest absolute Gasteiger partial charge is 0.290 e. The quantitative estimate of drug-likeness (QED) is 0.268. The van der Waals surface area contributed by atoms with Gasteiger partial charge in [-0.2, -0.15) is 0 Å². The zero-order valence-corrected chi connectivity index (χ0v) is 19.2. The third kappa shape index (κ3) is 10.8. The number of carbonyl (C=O) groups excluding carboxylic acids is 2. The summed E-state index contributed by atoms with van der Waals surface area (Å²) in [5, 5.41) is 0. The molecule has 29 heavy (non-hydrogen) atoms. The van der Waals surface area contributed by atoms with Crippen LogP contribution in [0.1, 0.15) is 86.5 Å². The molecule has 2 heteroatoms. The highest BCUT2D eigenvalue weighted by molar-refractivity contribution is 6.20. The van der Waals surface area contributed by atoms with E-state index in [2.05, 4.69) is 58.9 Å². The third-order valence-corrected chi connectivity index (χ3v) is 5.15. The molecule has 158 valence electrons. The maximum Gasteiger partial charge on any atom is 0.185 e. The van der Waals surface area contributed by atoms with Crippen LogP contribution in [0.5, 0.6) is 0 Å². The molecule has 0 spiro atoms. The Labute approximate surface area is 177 Å². The lowest BCUT2D eigenvalue weighted by molar-refractivity contribution is -0.115. The van der Waals surface area contributed by atoms with Crippen LogP contribution < -0.4 is 0 Å². The first-order chi connectivity index (χ1) is 13.7. The van der Waals surface area contributed by atoms with Gasteiger partial charge in [0.15, 0.2) is 11.6 Å². The van der Waals surface area contributed by atoms with Crippen molar-refractivity contribution < 1.29 is 9.59 Å². The average molecular weight is 395 g/mol. The van der Waals surface area contributed by atoms with Gasteiger partial charge in [0.05, 0.1) is 0 Å². The topological polar surface area (TPSA) is 34.1 Å². The molecule has 1 rings (SSSR count). The molecule has 1 aliphatic rings. The Morgan fingerprint density at radius 1 is 0.724 bits per heavy atom. The summed E-state index contributed by atoms with van der Waals surface area (Å²) in [4.78, 5) is 23.7. The van der Waals surface area contributed by atoms with Crippen molar-refractivity contribution in [3.63, 3.8) is 0 Å². The van der Waals surface area contributed by atoms with E-state index in [1.807, 2.05) is 0 Å². The Kier molecular flexibility index (Phi) is 11.2. The second-order valence-electron chi connectivity index (χ2n) is 8.48. The Morgan fingerprint density at radius 2 is 1.21 bits per heavy atom. The van der Waals surface area contributed by atoms with Gasteiger partial charge < -0.3 is 0 Å². The van der Waals surface area contributed by atoms with Crippen LogP contribution >= 0.6 is 0 Å². The molecule has 1 aliphatic carbocycles. The molecule has 0 fully saturated rings. The van der Waals surface area contributed by atoms with Gasteiger partial charge in [-0.3, -0.25) is 9.59 Å². The van der Waals surface area contributed by atoms with Crippen LogP contribution in [0.2, 0.25) is 0 Å². The Bertz CT molecular complexity index is 775. The molecular weight excluding hydrogens is 356 g/mol. The monoisotopic (exact) mass is 394 g/mol. The molecule has 0 aromatic heterocycles. The highest BCUT2D eigenvalue weighted by Gasteiger charge is 2.17. The molecule has 0 N–H and O–H groups in total. The van der Waals surface area contributed by atoms with Gasteiger partial charge in [-0.15, -0.1) is 0 Å². The van der Waals surface area contributed by atoms with Crippen molar-refractivity contribution in [2.45, 2.75) is 86.5 Å². The van der Waals surface area contributed by atoms with Crippen molar-refractivity contribution in [1.82, 2.24) is 0 Å². The molecule has 0 amide bonds. The van der Waals surface area contributed by atoms with Crippen molar-refractivity contribution in [2.24, 2.45) is 0 Å². The van der Waals surface area contributed by atoms with E-state index < -0.39 is 0 Å². The van der Waals surface area contributed by atoms with Crippen LogP contribution in [0.25, 0.3) is 0 Å². The molecule has 0 atom stereocenters. The van der Waals surface area contributed by atoms with Crippen molar-refractivity contribution in [2.75, 3.05) is 0 Å². The van der Waals surface area contributed by atoms with E-state index in [1.54, 1.807) is 6.92 Å². The number of carbonyl (C=O) groups is 2. The normalized spacial score (nSPS) is 16.0. The van der Waals surface area contributed by atoms with E-state index in [0.717, 1.165) is 38.5 Å². The molecule has 0 aliphatic heterocycles. The molecule has 0 saturated heterocycles. The fraction of sp³-hybridized carbons (Fsp3) is 0.481. The van der Waals surface area contributed by atoms with E-state index in [1.165, 1.54) is 34.4 Å². The van der Waals surface area contributed by atoms with Gasteiger partial charge in [0.2, 0.25) is 0 Å². The molecule has 0 radical (unpaired) electrons.